The Hall–Kier alpha value is -3.32. The lowest BCUT2D eigenvalue weighted by Gasteiger charge is -2.35. The number of amides is 1. The average Bonchev–Trinajstić information content (AvgIpc) is 3.47. The number of hydrogen-bond acceptors (Lipinski definition) is 7. The maximum atomic E-state index is 13.4. The molecular formula is C28H33ClF3N5O4S. The van der Waals surface area contributed by atoms with E-state index in [1.54, 1.807) is 30.5 Å². The van der Waals surface area contributed by atoms with Crippen LogP contribution in [0.3, 0.4) is 0 Å². The molecule has 1 amide bonds. The second-order valence-corrected chi connectivity index (χ2v) is 13.2. The first-order valence-electron chi connectivity index (χ1n) is 13.4. The summed E-state index contributed by atoms with van der Waals surface area (Å²) in [4.78, 5) is 19.7. The van der Waals surface area contributed by atoms with Gasteiger partial charge in [0.1, 0.15) is 0 Å². The van der Waals surface area contributed by atoms with Crippen LogP contribution >= 0.6 is 12.4 Å². The van der Waals surface area contributed by atoms with E-state index in [1.807, 2.05) is 13.8 Å². The van der Waals surface area contributed by atoms with Gasteiger partial charge in [0.15, 0.2) is 5.82 Å². The van der Waals surface area contributed by atoms with Crippen molar-refractivity contribution in [2.45, 2.75) is 63.1 Å². The number of nitrogens with zero attached hydrogens (tertiary/aromatic N) is 4. The van der Waals surface area contributed by atoms with Gasteiger partial charge in [0.25, 0.3) is 15.9 Å². The Morgan fingerprint density at radius 2 is 1.86 bits per heavy atom. The van der Waals surface area contributed by atoms with E-state index in [1.165, 1.54) is 29.1 Å². The van der Waals surface area contributed by atoms with E-state index in [2.05, 4.69) is 26.6 Å². The van der Waals surface area contributed by atoms with Crippen LogP contribution < -0.4 is 14.4 Å². The molecule has 14 heteroatoms. The fraction of sp³-hybridized carbons (Fsp3) is 0.464. The molecule has 3 heterocycles. The quantitative estimate of drug-likeness (QED) is 0.332. The molecule has 0 unspecified atom stereocenters. The standard InChI is InChI=1S/C28H32F3N5O4S.ClH/c1-19-16-26(2,3)35(18-19)22-15-23(32-17-21(22)25(37)34-41(38,39)20-7-5-4-6-8-20)36-13-9-24(33-36)40-14-12-27(10-11-27)28(29,30)31;/h4-9,13,15,17,19H,10-12,14,16,18H2,1-3H3,(H,34,37);1H/t19-;/m0./s1. The van der Waals surface area contributed by atoms with Crippen LogP contribution in [0.25, 0.3) is 5.82 Å². The lowest BCUT2D eigenvalue weighted by molar-refractivity contribution is -0.190. The fourth-order valence-electron chi connectivity index (χ4n) is 5.49. The van der Waals surface area contributed by atoms with Crippen molar-refractivity contribution in [3.05, 3.63) is 60.4 Å². The minimum atomic E-state index is -4.24. The van der Waals surface area contributed by atoms with Gasteiger partial charge in [0, 0.05) is 36.6 Å². The molecule has 1 atom stereocenters. The van der Waals surface area contributed by atoms with Crippen LogP contribution in [0.5, 0.6) is 5.88 Å². The molecule has 0 radical (unpaired) electrons. The number of sulfonamides is 1. The summed E-state index contributed by atoms with van der Waals surface area (Å²) in [7, 11) is -4.12. The number of aromatic nitrogens is 3. The monoisotopic (exact) mass is 627 g/mol. The number of hydrogen-bond donors (Lipinski definition) is 1. The smallest absolute Gasteiger partial charge is 0.394 e. The summed E-state index contributed by atoms with van der Waals surface area (Å²) in [5.74, 6) is -0.0120. The van der Waals surface area contributed by atoms with E-state index in [0.29, 0.717) is 24.0 Å². The number of carbonyl (C=O) groups excluding carboxylic acids is 1. The van der Waals surface area contributed by atoms with Crippen LogP contribution in [0.1, 0.15) is 56.8 Å². The summed E-state index contributed by atoms with van der Waals surface area (Å²) in [5.41, 5.74) is -1.42. The average molecular weight is 628 g/mol. The summed E-state index contributed by atoms with van der Waals surface area (Å²) in [6.45, 7) is 6.71. The van der Waals surface area contributed by atoms with Gasteiger partial charge in [-0.2, -0.15) is 13.2 Å². The predicted molar refractivity (Wildman–Crippen MR) is 153 cm³/mol. The summed E-state index contributed by atoms with van der Waals surface area (Å²) in [6, 6.07) is 10.8. The van der Waals surface area contributed by atoms with Crippen molar-refractivity contribution in [2.75, 3.05) is 18.1 Å². The SMILES string of the molecule is C[C@@H]1CN(c2cc(-n3ccc(OCCC4(C(F)(F)F)CC4)n3)ncc2C(=O)NS(=O)(=O)c2ccccc2)C(C)(C)C1.Cl. The molecule has 5 rings (SSSR count). The molecule has 0 spiro atoms. The molecule has 9 nitrogen and oxygen atoms in total. The lowest BCUT2D eigenvalue weighted by Crippen LogP contribution is -2.40. The molecule has 228 valence electrons. The van der Waals surface area contributed by atoms with Crippen LogP contribution in [-0.4, -0.2) is 54.0 Å². The third kappa shape index (κ3) is 6.36. The Morgan fingerprint density at radius 3 is 2.45 bits per heavy atom. The lowest BCUT2D eigenvalue weighted by atomic mass is 9.97. The highest BCUT2D eigenvalue weighted by Gasteiger charge is 2.62. The Morgan fingerprint density at radius 1 is 1.17 bits per heavy atom. The molecular weight excluding hydrogens is 595 g/mol. The number of carbonyl (C=O) groups is 1. The summed E-state index contributed by atoms with van der Waals surface area (Å²) in [6.07, 6.45) is -0.433. The van der Waals surface area contributed by atoms with Gasteiger partial charge in [-0.25, -0.2) is 22.8 Å². The normalized spacial score (nSPS) is 19.2. The number of ether oxygens (including phenoxy) is 1. The number of alkyl halides is 3. The molecule has 1 N–H and O–H groups in total. The maximum Gasteiger partial charge on any atom is 0.394 e. The molecule has 1 aromatic carbocycles. The minimum absolute atomic E-state index is 0. The summed E-state index contributed by atoms with van der Waals surface area (Å²) >= 11 is 0. The van der Waals surface area contributed by atoms with Gasteiger partial charge in [-0.3, -0.25) is 4.79 Å². The van der Waals surface area contributed by atoms with Gasteiger partial charge in [0.05, 0.1) is 28.2 Å². The molecule has 1 saturated heterocycles. The molecule has 3 aromatic rings. The first-order chi connectivity index (χ1) is 19.2. The van der Waals surface area contributed by atoms with E-state index >= 15 is 0 Å². The first kappa shape index (κ1) is 31.6. The van der Waals surface area contributed by atoms with Gasteiger partial charge in [0.2, 0.25) is 5.88 Å². The van der Waals surface area contributed by atoms with E-state index in [4.69, 9.17) is 4.74 Å². The van der Waals surface area contributed by atoms with Crippen molar-refractivity contribution < 1.29 is 31.1 Å². The number of nitrogens with one attached hydrogen (secondary N) is 1. The molecule has 2 aliphatic rings. The van der Waals surface area contributed by atoms with Crippen molar-refractivity contribution in [3.8, 4) is 11.7 Å². The largest absolute Gasteiger partial charge is 0.477 e. The number of anilines is 1. The highest BCUT2D eigenvalue weighted by atomic mass is 35.5. The molecule has 1 aliphatic heterocycles. The molecule has 2 aromatic heterocycles. The summed E-state index contributed by atoms with van der Waals surface area (Å²) in [5, 5.41) is 4.31. The first-order valence-corrected chi connectivity index (χ1v) is 14.8. The summed E-state index contributed by atoms with van der Waals surface area (Å²) < 4.78 is 74.4. The topological polar surface area (TPSA) is 106 Å². The fourth-order valence-corrected chi connectivity index (χ4v) is 6.48. The van der Waals surface area contributed by atoms with E-state index in [9.17, 15) is 26.4 Å². The Bertz CT molecular complexity index is 1540. The van der Waals surface area contributed by atoms with Crippen molar-refractivity contribution in [1.82, 2.24) is 19.5 Å². The third-order valence-electron chi connectivity index (χ3n) is 7.84. The minimum Gasteiger partial charge on any atom is -0.477 e. The van der Waals surface area contributed by atoms with Crippen LogP contribution in [0, 0.1) is 11.3 Å². The molecule has 2 fully saturated rings. The highest BCUT2D eigenvalue weighted by Crippen LogP contribution is 2.59. The third-order valence-corrected chi connectivity index (χ3v) is 9.19. The van der Waals surface area contributed by atoms with E-state index in [0.717, 1.165) is 6.42 Å². The van der Waals surface area contributed by atoms with Crippen LogP contribution in [-0.2, 0) is 10.0 Å². The second kappa shape index (κ2) is 11.4. The van der Waals surface area contributed by atoms with Crippen LogP contribution in [0.2, 0.25) is 0 Å². The van der Waals surface area contributed by atoms with Crippen LogP contribution in [0.4, 0.5) is 18.9 Å². The van der Waals surface area contributed by atoms with Crippen molar-refractivity contribution in [2.24, 2.45) is 11.3 Å². The van der Waals surface area contributed by atoms with Gasteiger partial charge in [-0.1, -0.05) is 25.1 Å². The van der Waals surface area contributed by atoms with Gasteiger partial charge >= 0.3 is 6.18 Å². The second-order valence-electron chi connectivity index (χ2n) is 11.5. The number of benzene rings is 1. The van der Waals surface area contributed by atoms with Crippen molar-refractivity contribution in [1.29, 1.82) is 0 Å². The molecule has 0 bridgehead atoms. The maximum absolute atomic E-state index is 13.4. The Balaban J connectivity index is 0.00000405. The van der Waals surface area contributed by atoms with E-state index in [-0.39, 0.29) is 60.2 Å². The highest BCUT2D eigenvalue weighted by molar-refractivity contribution is 7.90. The van der Waals surface area contributed by atoms with Crippen LogP contribution in [0.15, 0.2) is 59.8 Å². The Kier molecular flexibility index (Phi) is 8.58. The molecule has 1 saturated carbocycles. The Labute approximate surface area is 248 Å². The zero-order valence-electron chi connectivity index (χ0n) is 23.4. The van der Waals surface area contributed by atoms with Gasteiger partial charge in [-0.15, -0.1) is 17.5 Å². The predicted octanol–water partition coefficient (Wildman–Crippen LogP) is 5.54. The number of rotatable bonds is 9. The van der Waals surface area contributed by atoms with Crippen molar-refractivity contribution >= 4 is 34.0 Å². The zero-order chi connectivity index (χ0) is 29.6. The molecule has 1 aliphatic carbocycles. The number of pyridine rings is 1. The van der Waals surface area contributed by atoms with Crippen molar-refractivity contribution in [3.63, 3.8) is 0 Å². The zero-order valence-corrected chi connectivity index (χ0v) is 25.0. The number of halogens is 4. The van der Waals surface area contributed by atoms with Gasteiger partial charge < -0.3 is 9.64 Å². The van der Waals surface area contributed by atoms with E-state index < -0.39 is 27.5 Å². The molecule has 42 heavy (non-hydrogen) atoms. The van der Waals surface area contributed by atoms with Gasteiger partial charge in [-0.05, 0) is 57.6 Å².